The lowest BCUT2D eigenvalue weighted by atomic mass is 9.69. The van der Waals surface area contributed by atoms with Crippen LogP contribution in [-0.2, 0) is 4.79 Å². The topological polar surface area (TPSA) is 123 Å². The SMILES string of the molecule is CN1CCC[C@]2(CO)CCN(C(=O)c3cn[nH]n3)C[C@@H]12.O=CO. The Morgan fingerprint density at radius 2 is 2.26 bits per heavy atom. The lowest BCUT2D eigenvalue weighted by Crippen LogP contribution is -2.62. The number of carbonyl (C=O) groups excluding carboxylic acids is 1. The Morgan fingerprint density at radius 3 is 2.87 bits per heavy atom. The van der Waals surface area contributed by atoms with Crippen LogP contribution in [0.25, 0.3) is 0 Å². The first-order valence-corrected chi connectivity index (χ1v) is 7.62. The Labute approximate surface area is 134 Å². The number of aliphatic hydroxyl groups is 1. The van der Waals surface area contributed by atoms with Gasteiger partial charge in [0.05, 0.1) is 12.8 Å². The molecular formula is C14H23N5O4. The molecule has 0 aromatic carbocycles. The largest absolute Gasteiger partial charge is 0.483 e. The zero-order valence-electron chi connectivity index (χ0n) is 13.2. The number of carboxylic acid groups (broad SMARTS) is 1. The number of rotatable bonds is 2. The molecule has 23 heavy (non-hydrogen) atoms. The van der Waals surface area contributed by atoms with E-state index in [4.69, 9.17) is 9.90 Å². The molecule has 9 nitrogen and oxygen atoms in total. The second-order valence-corrected chi connectivity index (χ2v) is 6.08. The molecule has 0 radical (unpaired) electrons. The average Bonchev–Trinajstić information content (AvgIpc) is 3.09. The van der Waals surface area contributed by atoms with E-state index in [1.54, 1.807) is 0 Å². The summed E-state index contributed by atoms with van der Waals surface area (Å²) in [5.41, 5.74) is 0.313. The van der Waals surface area contributed by atoms with Crippen molar-refractivity contribution in [1.29, 1.82) is 0 Å². The van der Waals surface area contributed by atoms with E-state index in [0.717, 1.165) is 25.8 Å². The molecule has 0 spiro atoms. The van der Waals surface area contributed by atoms with E-state index in [2.05, 4.69) is 27.4 Å². The quantitative estimate of drug-likeness (QED) is 0.622. The molecule has 3 N–H and O–H groups in total. The van der Waals surface area contributed by atoms with Crippen molar-refractivity contribution >= 4 is 12.4 Å². The highest BCUT2D eigenvalue weighted by Crippen LogP contribution is 2.41. The van der Waals surface area contributed by atoms with Gasteiger partial charge in [0, 0.05) is 24.5 Å². The number of aromatic amines is 1. The van der Waals surface area contributed by atoms with Crippen LogP contribution < -0.4 is 0 Å². The molecule has 1 aromatic heterocycles. The lowest BCUT2D eigenvalue weighted by molar-refractivity contribution is -0.122. The third-order valence-corrected chi connectivity index (χ3v) is 4.93. The smallest absolute Gasteiger partial charge is 0.290 e. The van der Waals surface area contributed by atoms with Gasteiger partial charge in [-0.2, -0.15) is 15.4 Å². The number of nitrogens with zero attached hydrogens (tertiary/aromatic N) is 4. The van der Waals surface area contributed by atoms with Crippen molar-refractivity contribution in [2.24, 2.45) is 5.41 Å². The molecule has 2 aliphatic rings. The van der Waals surface area contributed by atoms with Crippen LogP contribution in [0.15, 0.2) is 6.20 Å². The van der Waals surface area contributed by atoms with E-state index >= 15 is 0 Å². The molecule has 0 saturated carbocycles. The van der Waals surface area contributed by atoms with E-state index < -0.39 is 0 Å². The number of amides is 1. The number of piperidine rings is 2. The molecule has 2 atom stereocenters. The third-order valence-electron chi connectivity index (χ3n) is 4.93. The molecule has 1 amide bonds. The first kappa shape index (κ1) is 17.4. The van der Waals surface area contributed by atoms with Gasteiger partial charge in [-0.3, -0.25) is 9.59 Å². The highest BCUT2D eigenvalue weighted by molar-refractivity contribution is 5.92. The molecule has 2 saturated heterocycles. The molecular weight excluding hydrogens is 302 g/mol. The van der Waals surface area contributed by atoms with E-state index in [9.17, 15) is 9.90 Å². The van der Waals surface area contributed by atoms with Gasteiger partial charge in [-0.15, -0.1) is 0 Å². The Bertz CT molecular complexity index is 523. The molecule has 0 bridgehead atoms. The number of nitrogens with one attached hydrogen (secondary N) is 1. The summed E-state index contributed by atoms with van der Waals surface area (Å²) >= 11 is 0. The lowest BCUT2D eigenvalue weighted by Gasteiger charge is -2.53. The maximum Gasteiger partial charge on any atom is 0.290 e. The maximum absolute atomic E-state index is 12.4. The first-order valence-electron chi connectivity index (χ1n) is 7.62. The Kier molecular flexibility index (Phi) is 5.67. The van der Waals surface area contributed by atoms with Crippen LogP contribution in [0.1, 0.15) is 29.8 Å². The fraction of sp³-hybridized carbons (Fsp3) is 0.714. The maximum atomic E-state index is 12.4. The van der Waals surface area contributed by atoms with Gasteiger partial charge in [0.2, 0.25) is 0 Å². The number of fused-ring (bicyclic) bond motifs is 1. The van der Waals surface area contributed by atoms with Crippen LogP contribution in [0.5, 0.6) is 0 Å². The van der Waals surface area contributed by atoms with Crippen molar-refractivity contribution in [2.45, 2.75) is 25.3 Å². The van der Waals surface area contributed by atoms with Gasteiger partial charge in [0.15, 0.2) is 5.69 Å². The van der Waals surface area contributed by atoms with Gasteiger partial charge in [-0.1, -0.05) is 0 Å². The van der Waals surface area contributed by atoms with Crippen LogP contribution in [0.4, 0.5) is 0 Å². The molecule has 0 aliphatic carbocycles. The molecule has 1 aromatic rings. The number of hydrogen-bond acceptors (Lipinski definition) is 6. The number of aliphatic hydroxyl groups excluding tert-OH is 1. The minimum Gasteiger partial charge on any atom is -0.483 e. The highest BCUT2D eigenvalue weighted by Gasteiger charge is 2.47. The summed E-state index contributed by atoms with van der Waals surface area (Å²) in [6, 6.07) is 0.228. The van der Waals surface area contributed by atoms with Crippen molar-refractivity contribution in [3.63, 3.8) is 0 Å². The van der Waals surface area contributed by atoms with Crippen LogP contribution in [-0.4, -0.2) is 87.1 Å². The monoisotopic (exact) mass is 325 g/mol. The fourth-order valence-electron chi connectivity index (χ4n) is 3.67. The number of likely N-dealkylation sites (N-methyl/N-ethyl adjacent to an activating group) is 1. The average molecular weight is 325 g/mol. The second kappa shape index (κ2) is 7.51. The zero-order valence-corrected chi connectivity index (χ0v) is 13.2. The molecule has 2 aliphatic heterocycles. The van der Waals surface area contributed by atoms with Crippen molar-refractivity contribution in [3.05, 3.63) is 11.9 Å². The molecule has 3 rings (SSSR count). The van der Waals surface area contributed by atoms with Gasteiger partial charge in [-0.05, 0) is 32.9 Å². The predicted molar refractivity (Wildman–Crippen MR) is 80.8 cm³/mol. The van der Waals surface area contributed by atoms with Crippen LogP contribution in [0, 0.1) is 5.41 Å². The van der Waals surface area contributed by atoms with Gasteiger partial charge in [0.1, 0.15) is 0 Å². The summed E-state index contributed by atoms with van der Waals surface area (Å²) in [5.74, 6) is -0.0794. The van der Waals surface area contributed by atoms with Gasteiger partial charge in [-0.25, -0.2) is 0 Å². The summed E-state index contributed by atoms with van der Waals surface area (Å²) in [6.45, 7) is 2.31. The molecule has 9 heteroatoms. The van der Waals surface area contributed by atoms with E-state index in [1.807, 2.05) is 4.90 Å². The molecule has 3 heterocycles. The minimum atomic E-state index is -0.250. The Morgan fingerprint density at radius 1 is 1.52 bits per heavy atom. The summed E-state index contributed by atoms with van der Waals surface area (Å²) in [4.78, 5) is 24.8. The standard InChI is InChI=1S/C13H21N5O2.CH2O2/c1-17-5-2-3-13(9-19)4-6-18(8-11(13)17)12(20)10-7-14-16-15-10;2-1-3/h7,11,19H,2-6,8-9H2,1H3,(H,14,15,16);1H,(H,2,3)/t11-,13-;/m1./s1. The van der Waals surface area contributed by atoms with Crippen molar-refractivity contribution in [3.8, 4) is 0 Å². The van der Waals surface area contributed by atoms with Gasteiger partial charge in [0.25, 0.3) is 12.4 Å². The Hall–Kier alpha value is -2.00. The van der Waals surface area contributed by atoms with Crippen molar-refractivity contribution in [2.75, 3.05) is 33.3 Å². The summed E-state index contributed by atoms with van der Waals surface area (Å²) in [6.07, 6.45) is 4.47. The van der Waals surface area contributed by atoms with Crippen molar-refractivity contribution in [1.82, 2.24) is 25.2 Å². The number of aromatic nitrogens is 3. The van der Waals surface area contributed by atoms with Crippen LogP contribution >= 0.6 is 0 Å². The number of H-pyrrole nitrogens is 1. The molecule has 128 valence electrons. The third kappa shape index (κ3) is 3.50. The van der Waals surface area contributed by atoms with E-state index in [1.165, 1.54) is 6.20 Å². The molecule has 2 fully saturated rings. The predicted octanol–water partition coefficient (Wildman–Crippen LogP) is -0.576. The molecule has 0 unspecified atom stereocenters. The number of likely N-dealkylation sites (tertiary alicyclic amines) is 2. The van der Waals surface area contributed by atoms with E-state index in [0.29, 0.717) is 18.8 Å². The minimum absolute atomic E-state index is 0.0480. The van der Waals surface area contributed by atoms with Crippen molar-refractivity contribution < 1.29 is 19.8 Å². The zero-order chi connectivity index (χ0) is 16.9. The number of hydrogen-bond donors (Lipinski definition) is 3. The normalized spacial score (nSPS) is 27.6. The number of carbonyl (C=O) groups is 2. The van der Waals surface area contributed by atoms with Gasteiger partial charge >= 0.3 is 0 Å². The second-order valence-electron chi connectivity index (χ2n) is 6.08. The van der Waals surface area contributed by atoms with Crippen LogP contribution in [0.3, 0.4) is 0 Å². The summed E-state index contributed by atoms with van der Waals surface area (Å²) in [7, 11) is 2.08. The van der Waals surface area contributed by atoms with E-state index in [-0.39, 0.29) is 30.4 Å². The van der Waals surface area contributed by atoms with Crippen LogP contribution in [0.2, 0.25) is 0 Å². The summed E-state index contributed by atoms with van der Waals surface area (Å²) < 4.78 is 0. The fourth-order valence-corrected chi connectivity index (χ4v) is 3.67. The summed E-state index contributed by atoms with van der Waals surface area (Å²) in [5, 5.41) is 26.8. The van der Waals surface area contributed by atoms with Gasteiger partial charge < -0.3 is 20.0 Å². The first-order chi connectivity index (χ1) is 11.1. The highest BCUT2D eigenvalue weighted by atomic mass is 16.3. The Balaban J connectivity index is 0.000000595.